The van der Waals surface area contributed by atoms with Crippen molar-refractivity contribution in [3.05, 3.63) is 11.9 Å². The number of piperidine rings is 1. The van der Waals surface area contributed by atoms with Crippen LogP contribution in [0.4, 0.5) is 11.6 Å². The molecule has 1 fully saturated rings. The lowest BCUT2D eigenvalue weighted by Gasteiger charge is -2.36. The summed E-state index contributed by atoms with van der Waals surface area (Å²) in [4.78, 5) is 22.1. The molecule has 1 amide bonds. The zero-order valence-corrected chi connectivity index (χ0v) is 13.6. The monoisotopic (exact) mass is 340 g/mol. The summed E-state index contributed by atoms with van der Waals surface area (Å²) in [6, 6.07) is -0.202. The second kappa shape index (κ2) is 6.02. The molecule has 4 N–H and O–H groups in total. The number of rotatable bonds is 4. The number of carbonyl (C=O) groups excluding carboxylic acids is 1. The third kappa shape index (κ3) is 3.59. The molecule has 0 aromatic carbocycles. The molecule has 0 spiro atoms. The third-order valence-corrected chi connectivity index (χ3v) is 5.11. The first-order valence-corrected chi connectivity index (χ1v) is 9.07. The van der Waals surface area contributed by atoms with Crippen LogP contribution in [0.5, 0.6) is 0 Å². The maximum Gasteiger partial charge on any atom is 0.274 e. The molecule has 1 saturated heterocycles. The lowest BCUT2D eigenvalue weighted by molar-refractivity contribution is -0.115. The van der Waals surface area contributed by atoms with Crippen LogP contribution in [0.15, 0.2) is 6.33 Å². The molecule has 0 radical (unpaired) electrons. The quantitative estimate of drug-likeness (QED) is 0.669. The first-order valence-electron chi connectivity index (χ1n) is 7.52. The molecule has 9 nitrogen and oxygen atoms in total. The van der Waals surface area contributed by atoms with Gasteiger partial charge in [-0.1, -0.05) is 0 Å². The Morgan fingerprint density at radius 1 is 1.39 bits per heavy atom. The Hall–Kier alpha value is -1.78. The summed E-state index contributed by atoms with van der Waals surface area (Å²) in [7, 11) is -3.68. The van der Waals surface area contributed by atoms with Crippen LogP contribution in [-0.2, 0) is 21.4 Å². The minimum Gasteiger partial charge on any atom is -0.356 e. The largest absolute Gasteiger partial charge is 0.356 e. The lowest BCUT2D eigenvalue weighted by atomic mass is 9.91. The van der Waals surface area contributed by atoms with E-state index in [-0.39, 0.29) is 17.9 Å². The van der Waals surface area contributed by atoms with Crippen LogP contribution in [0, 0.1) is 5.92 Å². The molecule has 3 rings (SSSR count). The number of nitrogens with one attached hydrogen (secondary N) is 2. The molecule has 0 saturated carbocycles. The predicted molar refractivity (Wildman–Crippen MR) is 85.0 cm³/mol. The average molecular weight is 340 g/mol. The number of anilines is 2. The smallest absolute Gasteiger partial charge is 0.274 e. The minimum absolute atomic E-state index is 0.0670. The van der Waals surface area contributed by atoms with Gasteiger partial charge in [0.25, 0.3) is 10.2 Å². The summed E-state index contributed by atoms with van der Waals surface area (Å²) in [5, 5.41) is 7.75. The summed E-state index contributed by atoms with van der Waals surface area (Å²) < 4.78 is 24.7. The van der Waals surface area contributed by atoms with Crippen molar-refractivity contribution in [2.45, 2.75) is 32.2 Å². The number of carbonyl (C=O) groups is 1. The fourth-order valence-corrected chi connectivity index (χ4v) is 3.96. The van der Waals surface area contributed by atoms with Gasteiger partial charge in [0.05, 0.1) is 6.42 Å². The van der Waals surface area contributed by atoms with E-state index in [0.29, 0.717) is 12.2 Å². The number of nitrogens with two attached hydrogens (primary N) is 1. The van der Waals surface area contributed by atoms with E-state index in [9.17, 15) is 13.2 Å². The molecule has 1 aromatic heterocycles. The Kier molecular flexibility index (Phi) is 4.21. The van der Waals surface area contributed by atoms with Crippen LogP contribution in [0.3, 0.4) is 0 Å². The first-order chi connectivity index (χ1) is 10.8. The van der Waals surface area contributed by atoms with Gasteiger partial charge in [-0.2, -0.15) is 13.1 Å². The Bertz CT molecular complexity index is 714. The van der Waals surface area contributed by atoms with Crippen molar-refractivity contribution in [1.82, 2.24) is 14.7 Å². The van der Waals surface area contributed by atoms with Crippen molar-refractivity contribution in [3.63, 3.8) is 0 Å². The molecule has 23 heavy (non-hydrogen) atoms. The summed E-state index contributed by atoms with van der Waals surface area (Å²) in [6.45, 7) is 3.33. The Morgan fingerprint density at radius 3 is 2.74 bits per heavy atom. The molecule has 0 aliphatic carbocycles. The van der Waals surface area contributed by atoms with Crippen LogP contribution < -0.4 is 20.1 Å². The van der Waals surface area contributed by atoms with Gasteiger partial charge in [-0.05, 0) is 25.7 Å². The van der Waals surface area contributed by atoms with Gasteiger partial charge >= 0.3 is 0 Å². The van der Waals surface area contributed by atoms with E-state index in [1.54, 1.807) is 0 Å². The molecule has 10 heteroatoms. The highest BCUT2D eigenvalue weighted by Crippen LogP contribution is 2.31. The van der Waals surface area contributed by atoms with Gasteiger partial charge in [0.1, 0.15) is 18.0 Å². The van der Waals surface area contributed by atoms with E-state index in [1.807, 2.05) is 6.92 Å². The van der Waals surface area contributed by atoms with Gasteiger partial charge in [0, 0.05) is 24.7 Å². The van der Waals surface area contributed by atoms with Crippen molar-refractivity contribution in [2.75, 3.05) is 23.3 Å². The summed E-state index contributed by atoms with van der Waals surface area (Å²) in [6.07, 6.45) is 3.40. The summed E-state index contributed by atoms with van der Waals surface area (Å²) in [5.41, 5.74) is 0.839. The maximum atomic E-state index is 11.5. The Morgan fingerprint density at radius 2 is 2.09 bits per heavy atom. The average Bonchev–Trinajstić information content (AvgIpc) is 2.85. The fourth-order valence-electron chi connectivity index (χ4n) is 3.25. The number of hydrogen-bond donors (Lipinski definition) is 3. The predicted octanol–water partition coefficient (Wildman–Crippen LogP) is -0.631. The molecule has 126 valence electrons. The van der Waals surface area contributed by atoms with Gasteiger partial charge in [-0.25, -0.2) is 15.1 Å². The second-order valence-electron chi connectivity index (χ2n) is 6.03. The second-order valence-corrected chi connectivity index (χ2v) is 7.35. The van der Waals surface area contributed by atoms with Gasteiger partial charge < -0.3 is 10.2 Å². The van der Waals surface area contributed by atoms with Gasteiger partial charge in [-0.15, -0.1) is 0 Å². The van der Waals surface area contributed by atoms with E-state index < -0.39 is 10.2 Å². The zero-order chi connectivity index (χ0) is 16.6. The normalized spacial score (nSPS) is 20.3. The van der Waals surface area contributed by atoms with E-state index in [0.717, 1.165) is 37.3 Å². The van der Waals surface area contributed by atoms with Gasteiger partial charge in [0.15, 0.2) is 0 Å². The molecular formula is C13H20N6O3S. The fraction of sp³-hybridized carbons (Fsp3) is 0.615. The Balaban J connectivity index is 1.66. The molecule has 2 aliphatic rings. The number of fused-ring (bicyclic) bond motifs is 1. The SMILES string of the molecule is CC(NS(N)(=O)=O)C1CCN(c2ncnc3c2CC(=O)N3)CC1. The van der Waals surface area contributed by atoms with Gasteiger partial charge in [0.2, 0.25) is 5.91 Å². The number of amides is 1. The third-order valence-electron chi connectivity index (χ3n) is 4.41. The van der Waals surface area contributed by atoms with Crippen LogP contribution in [0.2, 0.25) is 0 Å². The van der Waals surface area contributed by atoms with Crippen LogP contribution in [0.25, 0.3) is 0 Å². The number of aromatic nitrogens is 2. The summed E-state index contributed by atoms with van der Waals surface area (Å²) >= 11 is 0. The van der Waals surface area contributed by atoms with Crippen molar-refractivity contribution in [1.29, 1.82) is 0 Å². The Labute approximate surface area is 134 Å². The van der Waals surface area contributed by atoms with Crippen molar-refractivity contribution in [3.8, 4) is 0 Å². The lowest BCUT2D eigenvalue weighted by Crippen LogP contribution is -2.46. The molecule has 1 atom stereocenters. The van der Waals surface area contributed by atoms with E-state index in [2.05, 4.69) is 24.9 Å². The molecule has 1 unspecified atom stereocenters. The molecule has 0 bridgehead atoms. The van der Waals surface area contributed by atoms with Crippen LogP contribution in [0.1, 0.15) is 25.3 Å². The van der Waals surface area contributed by atoms with E-state index in [4.69, 9.17) is 5.14 Å². The highest BCUT2D eigenvalue weighted by molar-refractivity contribution is 7.87. The molecule has 1 aromatic rings. The number of hydrogen-bond acceptors (Lipinski definition) is 6. The topological polar surface area (TPSA) is 130 Å². The van der Waals surface area contributed by atoms with Gasteiger partial charge in [-0.3, -0.25) is 4.79 Å². The standard InChI is InChI=1S/C13H20N6O3S/c1-8(18-23(14,21)22)9-2-4-19(5-3-9)13-10-6-11(20)17-12(10)15-7-16-13/h7-9,18H,2-6H2,1H3,(H2,14,21,22)(H,15,16,17,20). The molecule has 3 heterocycles. The summed E-state index contributed by atoms with van der Waals surface area (Å²) in [5.74, 6) is 1.53. The maximum absolute atomic E-state index is 11.5. The molecule has 2 aliphatic heterocycles. The number of nitrogens with zero attached hydrogens (tertiary/aromatic N) is 3. The van der Waals surface area contributed by atoms with Crippen molar-refractivity contribution < 1.29 is 13.2 Å². The highest BCUT2D eigenvalue weighted by atomic mass is 32.2. The first kappa shape index (κ1) is 16.1. The van der Waals surface area contributed by atoms with Crippen LogP contribution >= 0.6 is 0 Å². The zero-order valence-electron chi connectivity index (χ0n) is 12.8. The van der Waals surface area contributed by atoms with E-state index in [1.165, 1.54) is 6.33 Å². The highest BCUT2D eigenvalue weighted by Gasteiger charge is 2.30. The van der Waals surface area contributed by atoms with Crippen molar-refractivity contribution >= 4 is 27.8 Å². The van der Waals surface area contributed by atoms with E-state index >= 15 is 0 Å². The van der Waals surface area contributed by atoms with Crippen molar-refractivity contribution in [2.24, 2.45) is 11.1 Å². The minimum atomic E-state index is -3.68. The van der Waals surface area contributed by atoms with Crippen LogP contribution in [-0.4, -0.2) is 43.4 Å². The molecular weight excluding hydrogens is 320 g/mol.